The van der Waals surface area contributed by atoms with Gasteiger partial charge in [-0.3, -0.25) is 9.59 Å². The van der Waals surface area contributed by atoms with Gasteiger partial charge in [0.05, 0.1) is 6.61 Å². The Hall–Kier alpha value is -3.16. The van der Waals surface area contributed by atoms with Gasteiger partial charge in [-0.25, -0.2) is 8.78 Å². The number of halogens is 2. The highest BCUT2D eigenvalue weighted by Crippen LogP contribution is 2.34. The first-order chi connectivity index (χ1) is 14.3. The Morgan fingerprint density at radius 2 is 1.53 bits per heavy atom. The molecule has 8 heteroatoms. The molecule has 0 aromatic heterocycles. The van der Waals surface area contributed by atoms with Crippen LogP contribution in [-0.4, -0.2) is 43.0 Å². The van der Waals surface area contributed by atoms with Crippen molar-refractivity contribution in [3.05, 3.63) is 60.2 Å². The number of nitrogens with zero attached hydrogens (tertiary/aromatic N) is 1. The molecular weight excluding hydrogens is 394 g/mol. The molecule has 1 aliphatic rings. The van der Waals surface area contributed by atoms with Gasteiger partial charge in [-0.1, -0.05) is 0 Å². The van der Waals surface area contributed by atoms with Crippen molar-refractivity contribution in [3.8, 4) is 11.5 Å². The summed E-state index contributed by atoms with van der Waals surface area (Å²) in [5.74, 6) is -0.607. The molecule has 0 spiro atoms. The van der Waals surface area contributed by atoms with Gasteiger partial charge in [0.2, 0.25) is 5.91 Å². The lowest BCUT2D eigenvalue weighted by Gasteiger charge is -2.42. The number of hydrogen-bond acceptors (Lipinski definition) is 4. The summed E-state index contributed by atoms with van der Waals surface area (Å²) in [6.07, 6.45) is 1.42. The van der Waals surface area contributed by atoms with E-state index in [0.29, 0.717) is 37.4 Å². The fourth-order valence-electron chi connectivity index (χ4n) is 3.64. The summed E-state index contributed by atoms with van der Waals surface area (Å²) in [6, 6.07) is 11.0. The number of piperidine rings is 1. The first-order valence-corrected chi connectivity index (χ1v) is 9.68. The summed E-state index contributed by atoms with van der Waals surface area (Å²) in [5.41, 5.74) is 4.83. The molecule has 0 saturated carbocycles. The lowest BCUT2D eigenvalue weighted by Crippen LogP contribution is -2.51. The van der Waals surface area contributed by atoms with Crippen molar-refractivity contribution in [3.63, 3.8) is 0 Å². The molecule has 3 rings (SSSR count). The topological polar surface area (TPSA) is 81.9 Å². The zero-order valence-electron chi connectivity index (χ0n) is 16.5. The van der Waals surface area contributed by atoms with Gasteiger partial charge in [0.25, 0.3) is 5.91 Å². The van der Waals surface area contributed by atoms with Crippen molar-refractivity contribution in [2.24, 2.45) is 11.1 Å². The first kappa shape index (κ1) is 21.5. The van der Waals surface area contributed by atoms with E-state index >= 15 is 0 Å². The molecule has 0 bridgehead atoms. The van der Waals surface area contributed by atoms with E-state index in [1.165, 1.54) is 48.5 Å². The first-order valence-electron chi connectivity index (χ1n) is 9.68. The van der Waals surface area contributed by atoms with Crippen LogP contribution in [0.3, 0.4) is 0 Å². The van der Waals surface area contributed by atoms with Gasteiger partial charge in [0, 0.05) is 24.9 Å². The number of carbonyl (C=O) groups is 2. The molecule has 160 valence electrons. The van der Waals surface area contributed by atoms with Crippen LogP contribution in [0.15, 0.2) is 48.5 Å². The number of amides is 2. The highest BCUT2D eigenvalue weighted by atomic mass is 19.1. The molecule has 6 nitrogen and oxygen atoms in total. The summed E-state index contributed by atoms with van der Waals surface area (Å²) in [6.45, 7) is 0.798. The van der Waals surface area contributed by atoms with E-state index < -0.39 is 11.3 Å². The molecule has 1 atom stereocenters. The van der Waals surface area contributed by atoms with Gasteiger partial charge in [-0.15, -0.1) is 0 Å². The second-order valence-electron chi connectivity index (χ2n) is 7.55. The minimum absolute atomic E-state index is 0.0663. The fourth-order valence-corrected chi connectivity index (χ4v) is 3.64. The molecule has 1 saturated heterocycles. The summed E-state index contributed by atoms with van der Waals surface area (Å²) in [5, 5.41) is 0. The number of hydrogen-bond donors (Lipinski definition) is 1. The van der Waals surface area contributed by atoms with E-state index in [0.717, 1.165) is 0 Å². The van der Waals surface area contributed by atoms with Crippen LogP contribution in [0.1, 0.15) is 19.3 Å². The molecule has 2 aromatic carbocycles. The van der Waals surface area contributed by atoms with E-state index in [-0.39, 0.29) is 37.2 Å². The molecular formula is C22H24F2N2O4. The molecule has 1 fully saturated rings. The quantitative estimate of drug-likeness (QED) is 0.715. The maximum Gasteiger partial charge on any atom is 0.260 e. The van der Waals surface area contributed by atoms with Gasteiger partial charge in [-0.05, 0) is 61.4 Å². The molecule has 1 aliphatic heterocycles. The number of rotatable bonds is 8. The van der Waals surface area contributed by atoms with Crippen LogP contribution in [0, 0.1) is 17.0 Å². The van der Waals surface area contributed by atoms with Crippen LogP contribution < -0.4 is 15.2 Å². The number of ether oxygens (including phenoxy) is 2. The smallest absolute Gasteiger partial charge is 0.260 e. The van der Waals surface area contributed by atoms with Gasteiger partial charge < -0.3 is 20.1 Å². The third-order valence-corrected chi connectivity index (χ3v) is 5.10. The minimum atomic E-state index is -0.635. The van der Waals surface area contributed by atoms with Gasteiger partial charge >= 0.3 is 0 Å². The molecule has 2 N–H and O–H groups in total. The standard InChI is InChI=1S/C22H24F2N2O4/c23-16-2-6-18(7-3-16)29-13-21(28)26-11-1-10-22(14-26,12-20(25)27)15-30-19-8-4-17(24)5-9-19/h2-9H,1,10-15H2,(H2,25,27). The zero-order chi connectivity index (χ0) is 21.6. The Bertz CT molecular complexity index is 874. The minimum Gasteiger partial charge on any atom is -0.493 e. The summed E-state index contributed by atoms with van der Waals surface area (Å²) in [7, 11) is 0. The summed E-state index contributed by atoms with van der Waals surface area (Å²) < 4.78 is 37.3. The SMILES string of the molecule is NC(=O)CC1(COc2ccc(F)cc2)CCCN(C(=O)COc2ccc(F)cc2)C1. The average molecular weight is 418 g/mol. The van der Waals surface area contributed by atoms with Crippen molar-refractivity contribution >= 4 is 11.8 Å². The van der Waals surface area contributed by atoms with Gasteiger partial charge in [0.15, 0.2) is 6.61 Å². The lowest BCUT2D eigenvalue weighted by atomic mass is 9.77. The van der Waals surface area contributed by atoms with Crippen molar-refractivity contribution in [2.75, 3.05) is 26.3 Å². The van der Waals surface area contributed by atoms with E-state index in [4.69, 9.17) is 15.2 Å². The van der Waals surface area contributed by atoms with Crippen molar-refractivity contribution in [2.45, 2.75) is 19.3 Å². The van der Waals surface area contributed by atoms with Crippen LogP contribution in [0.25, 0.3) is 0 Å². The Balaban J connectivity index is 1.63. The maximum atomic E-state index is 13.1. The summed E-state index contributed by atoms with van der Waals surface area (Å²) >= 11 is 0. The Morgan fingerprint density at radius 1 is 0.967 bits per heavy atom. The highest BCUT2D eigenvalue weighted by molar-refractivity contribution is 5.78. The van der Waals surface area contributed by atoms with Gasteiger partial charge in [-0.2, -0.15) is 0 Å². The number of benzene rings is 2. The molecule has 1 unspecified atom stereocenters. The van der Waals surface area contributed by atoms with Crippen molar-refractivity contribution < 1.29 is 27.8 Å². The van der Waals surface area contributed by atoms with Crippen LogP contribution in [0.2, 0.25) is 0 Å². The Labute approximate surface area is 173 Å². The highest BCUT2D eigenvalue weighted by Gasteiger charge is 2.39. The van der Waals surface area contributed by atoms with E-state index in [2.05, 4.69) is 0 Å². The normalized spacial score (nSPS) is 18.7. The van der Waals surface area contributed by atoms with Gasteiger partial charge in [0.1, 0.15) is 23.1 Å². The molecule has 0 radical (unpaired) electrons. The zero-order valence-corrected chi connectivity index (χ0v) is 16.5. The number of primary amides is 1. The molecule has 1 heterocycles. The fraction of sp³-hybridized carbons (Fsp3) is 0.364. The third kappa shape index (κ3) is 5.92. The van der Waals surface area contributed by atoms with Crippen LogP contribution in [0.4, 0.5) is 8.78 Å². The number of carbonyl (C=O) groups excluding carboxylic acids is 2. The maximum absolute atomic E-state index is 13.1. The summed E-state index contributed by atoms with van der Waals surface area (Å²) in [4.78, 5) is 26.0. The number of nitrogens with two attached hydrogens (primary N) is 1. The largest absolute Gasteiger partial charge is 0.493 e. The van der Waals surface area contributed by atoms with E-state index in [1.807, 2.05) is 0 Å². The van der Waals surface area contributed by atoms with Crippen LogP contribution in [0.5, 0.6) is 11.5 Å². The Kier molecular flexibility index (Phi) is 6.87. The lowest BCUT2D eigenvalue weighted by molar-refractivity contribution is -0.139. The molecule has 0 aliphatic carbocycles. The monoisotopic (exact) mass is 418 g/mol. The third-order valence-electron chi connectivity index (χ3n) is 5.10. The van der Waals surface area contributed by atoms with Crippen LogP contribution >= 0.6 is 0 Å². The molecule has 30 heavy (non-hydrogen) atoms. The van der Waals surface area contributed by atoms with Crippen molar-refractivity contribution in [1.29, 1.82) is 0 Å². The second kappa shape index (κ2) is 9.56. The Morgan fingerprint density at radius 3 is 2.10 bits per heavy atom. The average Bonchev–Trinajstić information content (AvgIpc) is 2.72. The predicted octanol–water partition coefficient (Wildman–Crippen LogP) is 2.91. The number of likely N-dealkylation sites (tertiary alicyclic amines) is 1. The van der Waals surface area contributed by atoms with Crippen LogP contribution in [-0.2, 0) is 9.59 Å². The predicted molar refractivity (Wildman–Crippen MR) is 106 cm³/mol. The van der Waals surface area contributed by atoms with E-state index in [1.54, 1.807) is 4.90 Å². The van der Waals surface area contributed by atoms with E-state index in [9.17, 15) is 18.4 Å². The molecule has 2 aromatic rings. The second-order valence-corrected chi connectivity index (χ2v) is 7.55. The van der Waals surface area contributed by atoms with Crippen molar-refractivity contribution in [1.82, 2.24) is 4.90 Å². The molecule has 2 amide bonds.